The fourth-order valence-corrected chi connectivity index (χ4v) is 2.17. The van der Waals surface area contributed by atoms with Crippen molar-refractivity contribution in [2.75, 3.05) is 11.9 Å². The zero-order valence-corrected chi connectivity index (χ0v) is 11.4. The molecule has 2 aromatic rings. The second-order valence-corrected chi connectivity index (χ2v) is 4.88. The summed E-state index contributed by atoms with van der Waals surface area (Å²) in [6.45, 7) is 2.31. The van der Waals surface area contributed by atoms with E-state index in [0.29, 0.717) is 11.6 Å². The molecule has 0 spiro atoms. The van der Waals surface area contributed by atoms with Gasteiger partial charge in [-0.3, -0.25) is 0 Å². The van der Waals surface area contributed by atoms with Crippen LogP contribution >= 0.6 is 11.6 Å². The van der Waals surface area contributed by atoms with Gasteiger partial charge in [0.1, 0.15) is 5.82 Å². The van der Waals surface area contributed by atoms with E-state index >= 15 is 0 Å². The molecule has 0 radical (unpaired) electrons. The van der Waals surface area contributed by atoms with Crippen molar-refractivity contribution >= 4 is 17.3 Å². The number of nitrogens with two attached hydrogens (primary N) is 1. The second kappa shape index (κ2) is 6.04. The maximum absolute atomic E-state index is 13.1. The standard InChI is InChI=1S/C15H16ClFN2/c1-10-8-12(17)4-7-14(10)15(9-18)19-13-5-2-11(16)3-6-13/h2-8,15,19H,9,18H2,1H3. The van der Waals surface area contributed by atoms with Crippen molar-refractivity contribution in [2.24, 2.45) is 5.73 Å². The molecule has 0 heterocycles. The number of nitrogens with one attached hydrogen (secondary N) is 1. The molecule has 4 heteroatoms. The Balaban J connectivity index is 2.22. The number of hydrogen-bond acceptors (Lipinski definition) is 2. The van der Waals surface area contributed by atoms with Crippen molar-refractivity contribution in [1.29, 1.82) is 0 Å². The molecular formula is C15H16ClFN2. The summed E-state index contributed by atoms with van der Waals surface area (Å²) >= 11 is 5.85. The quantitative estimate of drug-likeness (QED) is 0.890. The van der Waals surface area contributed by atoms with Crippen LogP contribution in [0.5, 0.6) is 0 Å². The summed E-state index contributed by atoms with van der Waals surface area (Å²) < 4.78 is 13.1. The molecule has 0 aromatic heterocycles. The first kappa shape index (κ1) is 13.8. The van der Waals surface area contributed by atoms with E-state index in [1.165, 1.54) is 12.1 Å². The van der Waals surface area contributed by atoms with Gasteiger partial charge in [0.2, 0.25) is 0 Å². The van der Waals surface area contributed by atoms with E-state index < -0.39 is 0 Å². The van der Waals surface area contributed by atoms with E-state index in [0.717, 1.165) is 16.8 Å². The Kier molecular flexibility index (Phi) is 4.40. The number of anilines is 1. The smallest absolute Gasteiger partial charge is 0.123 e. The lowest BCUT2D eigenvalue weighted by Crippen LogP contribution is -2.21. The molecule has 19 heavy (non-hydrogen) atoms. The molecule has 1 unspecified atom stereocenters. The van der Waals surface area contributed by atoms with Gasteiger partial charge in [-0.05, 0) is 54.4 Å². The Morgan fingerprint density at radius 2 is 1.89 bits per heavy atom. The second-order valence-electron chi connectivity index (χ2n) is 4.44. The fraction of sp³-hybridized carbons (Fsp3) is 0.200. The predicted molar refractivity (Wildman–Crippen MR) is 78.0 cm³/mol. The van der Waals surface area contributed by atoms with Crippen LogP contribution in [0.3, 0.4) is 0 Å². The third kappa shape index (κ3) is 3.46. The highest BCUT2D eigenvalue weighted by Crippen LogP contribution is 2.23. The van der Waals surface area contributed by atoms with Crippen LogP contribution in [0.25, 0.3) is 0 Å². The van der Waals surface area contributed by atoms with Gasteiger partial charge in [-0.25, -0.2) is 4.39 Å². The Hall–Kier alpha value is -1.58. The number of benzene rings is 2. The van der Waals surface area contributed by atoms with Crippen molar-refractivity contribution in [2.45, 2.75) is 13.0 Å². The van der Waals surface area contributed by atoms with Crippen molar-refractivity contribution in [3.8, 4) is 0 Å². The molecule has 100 valence electrons. The van der Waals surface area contributed by atoms with Crippen molar-refractivity contribution < 1.29 is 4.39 Å². The van der Waals surface area contributed by atoms with Gasteiger partial charge in [-0.2, -0.15) is 0 Å². The lowest BCUT2D eigenvalue weighted by molar-refractivity contribution is 0.624. The topological polar surface area (TPSA) is 38.0 Å². The molecule has 2 nitrogen and oxygen atoms in total. The Morgan fingerprint density at radius 1 is 1.21 bits per heavy atom. The van der Waals surface area contributed by atoms with Crippen LogP contribution in [0.15, 0.2) is 42.5 Å². The molecular weight excluding hydrogens is 263 g/mol. The first-order chi connectivity index (χ1) is 9.10. The van der Waals surface area contributed by atoms with E-state index in [4.69, 9.17) is 17.3 Å². The molecule has 1 atom stereocenters. The van der Waals surface area contributed by atoms with Crippen molar-refractivity contribution in [3.05, 3.63) is 64.4 Å². The molecule has 2 aromatic carbocycles. The molecule has 3 N–H and O–H groups in total. The molecule has 0 bridgehead atoms. The SMILES string of the molecule is Cc1cc(F)ccc1C(CN)Nc1ccc(Cl)cc1. The van der Waals surface area contributed by atoms with Crippen molar-refractivity contribution in [3.63, 3.8) is 0 Å². The first-order valence-electron chi connectivity index (χ1n) is 6.08. The highest BCUT2D eigenvalue weighted by molar-refractivity contribution is 6.30. The van der Waals surface area contributed by atoms with Crippen LogP contribution in [-0.2, 0) is 0 Å². The van der Waals surface area contributed by atoms with E-state index in [2.05, 4.69) is 5.32 Å². The van der Waals surface area contributed by atoms with E-state index in [-0.39, 0.29) is 11.9 Å². The van der Waals surface area contributed by atoms with E-state index in [1.807, 2.05) is 31.2 Å². The average Bonchev–Trinajstić information content (AvgIpc) is 2.39. The lowest BCUT2D eigenvalue weighted by Gasteiger charge is -2.20. The van der Waals surface area contributed by atoms with Crippen LogP contribution in [0, 0.1) is 12.7 Å². The molecule has 2 rings (SSSR count). The normalized spacial score (nSPS) is 12.2. The molecule has 0 aliphatic heterocycles. The van der Waals surface area contributed by atoms with Crippen LogP contribution < -0.4 is 11.1 Å². The van der Waals surface area contributed by atoms with Gasteiger partial charge >= 0.3 is 0 Å². The minimum Gasteiger partial charge on any atom is -0.377 e. The van der Waals surface area contributed by atoms with E-state index in [9.17, 15) is 4.39 Å². The fourth-order valence-electron chi connectivity index (χ4n) is 2.04. The average molecular weight is 279 g/mol. The Bertz CT molecular complexity index is 555. The Labute approximate surface area is 117 Å². The maximum Gasteiger partial charge on any atom is 0.123 e. The summed E-state index contributed by atoms with van der Waals surface area (Å²) in [5.41, 5.74) is 8.63. The number of aryl methyl sites for hydroxylation is 1. The zero-order chi connectivity index (χ0) is 13.8. The summed E-state index contributed by atoms with van der Waals surface area (Å²) in [4.78, 5) is 0. The lowest BCUT2D eigenvalue weighted by atomic mass is 10.0. The highest BCUT2D eigenvalue weighted by Gasteiger charge is 2.12. The molecule has 0 saturated carbocycles. The highest BCUT2D eigenvalue weighted by atomic mass is 35.5. The van der Waals surface area contributed by atoms with Gasteiger partial charge in [0.05, 0.1) is 6.04 Å². The number of rotatable bonds is 4. The van der Waals surface area contributed by atoms with Gasteiger partial charge in [-0.1, -0.05) is 17.7 Å². The maximum atomic E-state index is 13.1. The molecule has 0 saturated heterocycles. The molecule has 0 fully saturated rings. The summed E-state index contributed by atoms with van der Waals surface area (Å²) in [7, 11) is 0. The monoisotopic (exact) mass is 278 g/mol. The first-order valence-corrected chi connectivity index (χ1v) is 6.46. The molecule has 0 amide bonds. The van der Waals surface area contributed by atoms with Crippen molar-refractivity contribution in [1.82, 2.24) is 0 Å². The Morgan fingerprint density at radius 3 is 2.47 bits per heavy atom. The summed E-state index contributed by atoms with van der Waals surface area (Å²) in [6.07, 6.45) is 0. The largest absolute Gasteiger partial charge is 0.377 e. The van der Waals surface area contributed by atoms with Crippen LogP contribution in [0.1, 0.15) is 17.2 Å². The zero-order valence-electron chi connectivity index (χ0n) is 10.7. The van der Waals surface area contributed by atoms with Gasteiger partial charge in [0.15, 0.2) is 0 Å². The van der Waals surface area contributed by atoms with Crippen LogP contribution in [-0.4, -0.2) is 6.54 Å². The third-order valence-corrected chi connectivity index (χ3v) is 3.28. The van der Waals surface area contributed by atoms with Crippen LogP contribution in [0.4, 0.5) is 10.1 Å². The van der Waals surface area contributed by atoms with Gasteiger partial charge in [-0.15, -0.1) is 0 Å². The van der Waals surface area contributed by atoms with Gasteiger partial charge < -0.3 is 11.1 Å². The number of hydrogen-bond donors (Lipinski definition) is 2. The minimum atomic E-state index is -0.233. The predicted octanol–water partition coefficient (Wildman–Crippen LogP) is 3.90. The van der Waals surface area contributed by atoms with Gasteiger partial charge in [0, 0.05) is 17.3 Å². The van der Waals surface area contributed by atoms with Crippen LogP contribution in [0.2, 0.25) is 5.02 Å². The van der Waals surface area contributed by atoms with E-state index in [1.54, 1.807) is 6.07 Å². The number of halogens is 2. The van der Waals surface area contributed by atoms with Gasteiger partial charge in [0.25, 0.3) is 0 Å². The molecule has 0 aliphatic carbocycles. The molecule has 0 aliphatic rings. The summed E-state index contributed by atoms with van der Waals surface area (Å²) in [5, 5.41) is 4.01. The summed E-state index contributed by atoms with van der Waals surface area (Å²) in [6, 6.07) is 12.1. The third-order valence-electron chi connectivity index (χ3n) is 3.03. The summed E-state index contributed by atoms with van der Waals surface area (Å²) in [5.74, 6) is -0.233. The minimum absolute atomic E-state index is 0.0539.